The zero-order chi connectivity index (χ0) is 26.9. The molecule has 0 saturated heterocycles. The standard InChI is InChI=1S/C20H16NO.C13H24O2.Ir/c1-13(2)17-12-19(21-18-6-4-3-5-16(17)18)15-8-7-14-9-10-22-20(14)11-15;1-5-10(6-2)12(14)9-13(15)11(7-3)8-4;/h3-10,12-13H,1-2H3;9-11,14H,5-8H2,1-4H3;/q-1;;/b;12-9-;. The van der Waals surface area contributed by atoms with Crippen LogP contribution in [0, 0.1) is 17.9 Å². The molecule has 0 saturated carbocycles. The smallest absolute Gasteiger partial charge is 0.162 e. The van der Waals surface area contributed by atoms with Crippen molar-refractivity contribution in [2.75, 3.05) is 0 Å². The van der Waals surface area contributed by atoms with Crippen molar-refractivity contribution < 1.29 is 34.4 Å². The molecule has 0 amide bonds. The van der Waals surface area contributed by atoms with Crippen LogP contribution in [0.25, 0.3) is 33.1 Å². The predicted octanol–water partition coefficient (Wildman–Crippen LogP) is 9.44. The van der Waals surface area contributed by atoms with Crippen LogP contribution < -0.4 is 0 Å². The first-order chi connectivity index (χ1) is 17.8. The van der Waals surface area contributed by atoms with Gasteiger partial charge in [0, 0.05) is 43.4 Å². The molecular formula is C33H40IrNO3-. The molecule has 0 aliphatic heterocycles. The van der Waals surface area contributed by atoms with Crippen LogP contribution in [0.4, 0.5) is 0 Å². The average molecular weight is 691 g/mol. The normalized spacial score (nSPS) is 11.7. The van der Waals surface area contributed by atoms with E-state index in [4.69, 9.17) is 9.40 Å². The second kappa shape index (κ2) is 15.0. The van der Waals surface area contributed by atoms with Crippen LogP contribution in [-0.4, -0.2) is 15.9 Å². The van der Waals surface area contributed by atoms with Crippen molar-refractivity contribution in [3.63, 3.8) is 0 Å². The number of hydrogen-bond donors (Lipinski definition) is 1. The molecule has 1 N–H and O–H groups in total. The molecule has 0 bridgehead atoms. The second-order valence-corrected chi connectivity index (χ2v) is 9.84. The van der Waals surface area contributed by atoms with Crippen LogP contribution in [0.5, 0.6) is 0 Å². The van der Waals surface area contributed by atoms with E-state index < -0.39 is 0 Å². The molecule has 0 spiro atoms. The van der Waals surface area contributed by atoms with Gasteiger partial charge in [0.1, 0.15) is 0 Å². The van der Waals surface area contributed by atoms with Gasteiger partial charge in [-0.3, -0.25) is 9.78 Å². The van der Waals surface area contributed by atoms with E-state index in [-0.39, 0.29) is 43.5 Å². The van der Waals surface area contributed by atoms with E-state index in [1.807, 2.05) is 39.8 Å². The Hall–Kier alpha value is -2.75. The summed E-state index contributed by atoms with van der Waals surface area (Å²) in [7, 11) is 0. The first-order valence-electron chi connectivity index (χ1n) is 13.6. The molecule has 38 heavy (non-hydrogen) atoms. The molecule has 0 aliphatic rings. The topological polar surface area (TPSA) is 63.3 Å². The number of furan rings is 1. The third-order valence-electron chi connectivity index (χ3n) is 7.10. The van der Waals surface area contributed by atoms with E-state index in [9.17, 15) is 9.90 Å². The number of ketones is 1. The third-order valence-corrected chi connectivity index (χ3v) is 7.10. The summed E-state index contributed by atoms with van der Waals surface area (Å²) in [6.45, 7) is 12.5. The van der Waals surface area contributed by atoms with E-state index in [0.717, 1.165) is 53.4 Å². The first kappa shape index (κ1) is 31.5. The van der Waals surface area contributed by atoms with Gasteiger partial charge < -0.3 is 9.52 Å². The summed E-state index contributed by atoms with van der Waals surface area (Å²) in [5.74, 6) is 0.991. The summed E-state index contributed by atoms with van der Waals surface area (Å²) in [6, 6.07) is 19.9. The number of rotatable bonds is 9. The number of carbonyl (C=O) groups excluding carboxylic acids is 1. The average Bonchev–Trinajstić information content (AvgIpc) is 3.38. The van der Waals surface area contributed by atoms with Crippen LogP contribution in [0.15, 0.2) is 71.0 Å². The summed E-state index contributed by atoms with van der Waals surface area (Å²) < 4.78 is 5.46. The number of nitrogens with zero attached hydrogens (tertiary/aromatic N) is 1. The Morgan fingerprint density at radius 2 is 1.63 bits per heavy atom. The molecule has 5 heteroatoms. The monoisotopic (exact) mass is 691 g/mol. The predicted molar refractivity (Wildman–Crippen MR) is 154 cm³/mol. The van der Waals surface area contributed by atoms with Crippen molar-refractivity contribution in [1.82, 2.24) is 4.98 Å². The maximum Gasteiger partial charge on any atom is 0.162 e. The number of hydrogen-bond acceptors (Lipinski definition) is 4. The van der Waals surface area contributed by atoms with Crippen molar-refractivity contribution in [2.24, 2.45) is 11.8 Å². The Kier molecular flexibility index (Phi) is 12.4. The van der Waals surface area contributed by atoms with Gasteiger partial charge in [0.05, 0.1) is 23.1 Å². The molecule has 4 aromatic rings. The molecule has 205 valence electrons. The Labute approximate surface area is 240 Å². The molecular weight excluding hydrogens is 651 g/mol. The van der Waals surface area contributed by atoms with Crippen LogP contribution in [0.1, 0.15) is 78.7 Å². The number of allylic oxidation sites excluding steroid dienone is 2. The van der Waals surface area contributed by atoms with Gasteiger partial charge in [0.2, 0.25) is 0 Å². The van der Waals surface area contributed by atoms with Crippen molar-refractivity contribution in [2.45, 2.75) is 73.1 Å². The number of carbonyl (C=O) groups is 1. The third kappa shape index (κ3) is 7.65. The van der Waals surface area contributed by atoms with Crippen molar-refractivity contribution >= 4 is 27.7 Å². The molecule has 2 aromatic carbocycles. The Bertz CT molecular complexity index is 1350. The van der Waals surface area contributed by atoms with Crippen molar-refractivity contribution in [3.05, 3.63) is 78.3 Å². The maximum atomic E-state index is 11.7. The van der Waals surface area contributed by atoms with Gasteiger partial charge in [-0.25, -0.2) is 0 Å². The SMILES string of the molecule is CC(C)c1cc(-c2[c-]c3occc3cc2)nc2ccccc12.CCC(CC)C(=O)/C=C(\O)C(CC)CC.[Ir]. The Morgan fingerprint density at radius 3 is 2.26 bits per heavy atom. The van der Waals surface area contributed by atoms with Gasteiger partial charge in [0.25, 0.3) is 0 Å². The van der Waals surface area contributed by atoms with Gasteiger partial charge in [-0.15, -0.1) is 17.7 Å². The summed E-state index contributed by atoms with van der Waals surface area (Å²) >= 11 is 0. The summed E-state index contributed by atoms with van der Waals surface area (Å²) in [6.07, 6.45) is 6.60. The number of aliphatic hydroxyl groups excluding tert-OH is 1. The van der Waals surface area contributed by atoms with Crippen LogP contribution in [0.2, 0.25) is 0 Å². The minimum atomic E-state index is 0. The zero-order valence-corrected chi connectivity index (χ0v) is 25.8. The van der Waals surface area contributed by atoms with Gasteiger partial charge in [-0.2, -0.15) is 0 Å². The molecule has 4 nitrogen and oxygen atoms in total. The number of benzene rings is 2. The fraction of sp³-hybridized carbons (Fsp3) is 0.394. The maximum absolute atomic E-state index is 11.7. The van der Waals surface area contributed by atoms with Gasteiger partial charge in [-0.1, -0.05) is 83.3 Å². The van der Waals surface area contributed by atoms with Crippen LogP contribution in [0.3, 0.4) is 0 Å². The largest absolute Gasteiger partial charge is 0.512 e. The fourth-order valence-electron chi connectivity index (χ4n) is 4.64. The van der Waals surface area contributed by atoms with E-state index in [0.29, 0.717) is 5.92 Å². The van der Waals surface area contributed by atoms with Gasteiger partial charge in [0.15, 0.2) is 5.78 Å². The number of fused-ring (bicyclic) bond motifs is 2. The Morgan fingerprint density at radius 1 is 0.974 bits per heavy atom. The number of pyridine rings is 1. The summed E-state index contributed by atoms with van der Waals surface area (Å²) in [4.78, 5) is 16.5. The van der Waals surface area contributed by atoms with Gasteiger partial charge in [-0.05, 0) is 48.9 Å². The number of para-hydroxylation sites is 1. The molecule has 1 radical (unpaired) electrons. The first-order valence-corrected chi connectivity index (χ1v) is 13.6. The van der Waals surface area contributed by atoms with E-state index in [1.165, 1.54) is 17.0 Å². The van der Waals surface area contributed by atoms with Gasteiger partial charge >= 0.3 is 0 Å². The summed E-state index contributed by atoms with van der Waals surface area (Å²) in [5.41, 5.74) is 5.03. The minimum absolute atomic E-state index is 0. The van der Waals surface area contributed by atoms with Crippen molar-refractivity contribution in [3.8, 4) is 11.3 Å². The molecule has 0 unspecified atom stereocenters. The molecule has 0 atom stereocenters. The minimum Gasteiger partial charge on any atom is -0.512 e. The second-order valence-electron chi connectivity index (χ2n) is 9.84. The van der Waals surface area contributed by atoms with E-state index in [2.05, 4.69) is 56.3 Å². The molecule has 2 aromatic heterocycles. The van der Waals surface area contributed by atoms with Crippen LogP contribution in [-0.2, 0) is 24.9 Å². The van der Waals surface area contributed by atoms with E-state index in [1.54, 1.807) is 6.26 Å². The number of aliphatic hydroxyl groups is 1. The fourth-order valence-corrected chi connectivity index (χ4v) is 4.64. The quantitative estimate of drug-likeness (QED) is 0.108. The van der Waals surface area contributed by atoms with Crippen LogP contribution >= 0.6 is 0 Å². The van der Waals surface area contributed by atoms with E-state index >= 15 is 0 Å². The Balaban J connectivity index is 0.000000282. The molecule has 0 aliphatic carbocycles. The molecule has 2 heterocycles. The summed E-state index contributed by atoms with van der Waals surface area (Å²) in [5, 5.41) is 12.0. The molecule has 0 fully saturated rings. The zero-order valence-electron chi connectivity index (χ0n) is 23.4. The van der Waals surface area contributed by atoms with Crippen molar-refractivity contribution in [1.29, 1.82) is 0 Å². The molecule has 4 rings (SSSR count). The number of aromatic nitrogens is 1.